The predicted octanol–water partition coefficient (Wildman–Crippen LogP) is 2.58. The van der Waals surface area contributed by atoms with Crippen LogP contribution in [0.2, 0.25) is 0 Å². The zero-order valence-electron chi connectivity index (χ0n) is 13.7. The third-order valence-corrected chi connectivity index (χ3v) is 4.74. The number of nitrogens with one attached hydrogen (secondary N) is 3. The third-order valence-electron chi connectivity index (χ3n) is 2.77. The van der Waals surface area contributed by atoms with Crippen molar-refractivity contribution in [3.8, 4) is 0 Å². The van der Waals surface area contributed by atoms with Gasteiger partial charge in [0.2, 0.25) is 22.9 Å². The molecule has 0 aliphatic rings. The molecule has 25 heavy (non-hydrogen) atoms. The van der Waals surface area contributed by atoms with E-state index >= 15 is 0 Å². The smallest absolute Gasteiger partial charge is 0.234 e. The van der Waals surface area contributed by atoms with E-state index in [1.54, 1.807) is 31.2 Å². The van der Waals surface area contributed by atoms with Crippen molar-refractivity contribution in [1.29, 1.82) is 0 Å². The lowest BCUT2D eigenvalue weighted by Gasteiger charge is -2.07. The summed E-state index contributed by atoms with van der Waals surface area (Å²) in [6.45, 7) is 3.17. The summed E-state index contributed by atoms with van der Waals surface area (Å²) in [5.41, 5.74) is 1.20. The van der Waals surface area contributed by atoms with Crippen LogP contribution in [0.4, 0.5) is 16.5 Å². The van der Waals surface area contributed by atoms with E-state index in [0.717, 1.165) is 0 Å². The van der Waals surface area contributed by atoms with Crippen molar-refractivity contribution in [3.05, 3.63) is 24.3 Å². The average molecular weight is 379 g/mol. The summed E-state index contributed by atoms with van der Waals surface area (Å²) >= 11 is 2.45. The number of anilines is 3. The average Bonchev–Trinajstić information content (AvgIpc) is 3.00. The monoisotopic (exact) mass is 379 g/mol. The van der Waals surface area contributed by atoms with Gasteiger partial charge in [-0.25, -0.2) is 0 Å². The maximum Gasteiger partial charge on any atom is 0.234 e. The molecule has 3 amide bonds. The van der Waals surface area contributed by atoms with Crippen LogP contribution >= 0.6 is 23.1 Å². The molecule has 0 unspecified atom stereocenters. The zero-order chi connectivity index (χ0) is 18.2. The second-order valence-electron chi connectivity index (χ2n) is 4.87. The standard InChI is InChI=1S/C15H17N5O3S2/c1-3-12(22)18-14-19-20-15(25-14)24-8-13(23)17-11-6-4-5-10(7-11)16-9(2)21/h4-7H,3,8H2,1-2H3,(H,16,21)(H,17,23)(H,18,19,22). The van der Waals surface area contributed by atoms with Crippen LogP contribution in [0.15, 0.2) is 28.6 Å². The summed E-state index contributed by atoms with van der Waals surface area (Å²) < 4.78 is 0.591. The molecule has 0 saturated carbocycles. The largest absolute Gasteiger partial charge is 0.326 e. The Hall–Kier alpha value is -2.46. The number of carbonyl (C=O) groups excluding carboxylic acids is 3. The molecule has 3 N–H and O–H groups in total. The van der Waals surface area contributed by atoms with Gasteiger partial charge >= 0.3 is 0 Å². The number of rotatable bonds is 7. The van der Waals surface area contributed by atoms with Crippen molar-refractivity contribution in [2.24, 2.45) is 0 Å². The fraction of sp³-hybridized carbons (Fsp3) is 0.267. The molecular formula is C15H17N5O3S2. The van der Waals surface area contributed by atoms with Crippen molar-refractivity contribution in [2.45, 2.75) is 24.6 Å². The van der Waals surface area contributed by atoms with Crippen molar-refractivity contribution in [1.82, 2.24) is 10.2 Å². The number of carbonyl (C=O) groups is 3. The summed E-state index contributed by atoms with van der Waals surface area (Å²) in [7, 11) is 0. The first kappa shape index (κ1) is 18.9. The van der Waals surface area contributed by atoms with Gasteiger partial charge in [0.15, 0.2) is 4.34 Å². The Morgan fingerprint density at radius 3 is 2.48 bits per heavy atom. The van der Waals surface area contributed by atoms with Crippen LogP contribution in [0.3, 0.4) is 0 Å². The summed E-state index contributed by atoms with van der Waals surface area (Å²) in [5.74, 6) is -0.370. The highest BCUT2D eigenvalue weighted by Gasteiger charge is 2.10. The summed E-state index contributed by atoms with van der Waals surface area (Å²) in [6, 6.07) is 6.88. The van der Waals surface area contributed by atoms with Gasteiger partial charge in [-0.2, -0.15) is 0 Å². The van der Waals surface area contributed by atoms with Crippen molar-refractivity contribution < 1.29 is 14.4 Å². The molecule has 2 rings (SSSR count). The van der Waals surface area contributed by atoms with Crippen LogP contribution in [0.25, 0.3) is 0 Å². The molecule has 132 valence electrons. The van der Waals surface area contributed by atoms with E-state index in [2.05, 4.69) is 26.1 Å². The van der Waals surface area contributed by atoms with Crippen LogP contribution in [-0.2, 0) is 14.4 Å². The fourth-order valence-electron chi connectivity index (χ4n) is 1.73. The predicted molar refractivity (Wildman–Crippen MR) is 98.9 cm³/mol. The highest BCUT2D eigenvalue weighted by Crippen LogP contribution is 2.25. The second kappa shape index (κ2) is 9.14. The number of nitrogens with zero attached hydrogens (tertiary/aromatic N) is 2. The maximum absolute atomic E-state index is 12.0. The van der Waals surface area contributed by atoms with Crippen LogP contribution in [0.5, 0.6) is 0 Å². The molecule has 1 aromatic heterocycles. The molecule has 0 radical (unpaired) electrons. The van der Waals surface area contributed by atoms with E-state index in [1.807, 2.05) is 0 Å². The molecule has 1 aromatic carbocycles. The third kappa shape index (κ3) is 6.51. The fourth-order valence-corrected chi connectivity index (χ4v) is 3.30. The van der Waals surface area contributed by atoms with Crippen LogP contribution in [-0.4, -0.2) is 33.7 Å². The Kier molecular flexibility index (Phi) is 6.90. The molecule has 0 saturated heterocycles. The molecule has 0 aliphatic carbocycles. The van der Waals surface area contributed by atoms with Crippen molar-refractivity contribution in [3.63, 3.8) is 0 Å². The maximum atomic E-state index is 12.0. The minimum absolute atomic E-state index is 0.135. The van der Waals surface area contributed by atoms with E-state index in [-0.39, 0.29) is 23.5 Å². The molecule has 10 heteroatoms. The van der Waals surface area contributed by atoms with Gasteiger partial charge in [0, 0.05) is 24.7 Å². The summed E-state index contributed by atoms with van der Waals surface area (Å²) in [6.07, 6.45) is 0.363. The van der Waals surface area contributed by atoms with Crippen molar-refractivity contribution >= 4 is 57.3 Å². The van der Waals surface area contributed by atoms with Gasteiger partial charge in [-0.3, -0.25) is 14.4 Å². The van der Waals surface area contributed by atoms with Gasteiger partial charge in [-0.1, -0.05) is 36.1 Å². The molecule has 0 atom stereocenters. The summed E-state index contributed by atoms with van der Waals surface area (Å²) in [4.78, 5) is 34.4. The first-order chi connectivity index (χ1) is 12.0. The van der Waals surface area contributed by atoms with Gasteiger partial charge in [0.25, 0.3) is 0 Å². The van der Waals surface area contributed by atoms with Gasteiger partial charge in [-0.15, -0.1) is 10.2 Å². The SMILES string of the molecule is CCC(=O)Nc1nnc(SCC(=O)Nc2cccc(NC(C)=O)c2)s1. The molecular weight excluding hydrogens is 362 g/mol. The molecule has 2 aromatic rings. The lowest BCUT2D eigenvalue weighted by atomic mass is 10.2. The van der Waals surface area contributed by atoms with E-state index in [1.165, 1.54) is 30.0 Å². The topological polar surface area (TPSA) is 113 Å². The Morgan fingerprint density at radius 1 is 1.08 bits per heavy atom. The van der Waals surface area contributed by atoms with Gasteiger partial charge in [-0.05, 0) is 18.2 Å². The lowest BCUT2D eigenvalue weighted by molar-refractivity contribution is -0.116. The molecule has 0 bridgehead atoms. The van der Waals surface area contributed by atoms with E-state index < -0.39 is 0 Å². The Balaban J connectivity index is 1.84. The highest BCUT2D eigenvalue weighted by atomic mass is 32.2. The Morgan fingerprint density at radius 2 is 1.80 bits per heavy atom. The zero-order valence-corrected chi connectivity index (χ0v) is 15.3. The first-order valence-corrected chi connectivity index (χ1v) is 9.20. The Bertz CT molecular complexity index is 778. The summed E-state index contributed by atoms with van der Waals surface area (Å²) in [5, 5.41) is 16.2. The minimum atomic E-state index is -0.209. The molecule has 0 fully saturated rings. The normalized spacial score (nSPS) is 10.2. The van der Waals surface area contributed by atoms with Crippen LogP contribution in [0.1, 0.15) is 20.3 Å². The number of thioether (sulfide) groups is 1. The number of hydrogen-bond donors (Lipinski definition) is 3. The molecule has 0 aliphatic heterocycles. The quantitative estimate of drug-likeness (QED) is 0.503. The van der Waals surface area contributed by atoms with E-state index in [4.69, 9.17) is 0 Å². The van der Waals surface area contributed by atoms with Gasteiger partial charge in [0.05, 0.1) is 5.75 Å². The van der Waals surface area contributed by atoms with Gasteiger partial charge < -0.3 is 16.0 Å². The van der Waals surface area contributed by atoms with Crippen molar-refractivity contribution in [2.75, 3.05) is 21.7 Å². The number of amides is 3. The number of benzene rings is 1. The first-order valence-electron chi connectivity index (χ1n) is 7.40. The highest BCUT2D eigenvalue weighted by molar-refractivity contribution is 8.01. The minimum Gasteiger partial charge on any atom is -0.326 e. The lowest BCUT2D eigenvalue weighted by Crippen LogP contribution is -2.14. The van der Waals surface area contributed by atoms with Crippen LogP contribution < -0.4 is 16.0 Å². The van der Waals surface area contributed by atoms with Crippen LogP contribution in [0, 0.1) is 0 Å². The molecule has 1 heterocycles. The van der Waals surface area contributed by atoms with Gasteiger partial charge in [0.1, 0.15) is 0 Å². The molecule has 0 spiro atoms. The second-order valence-corrected chi connectivity index (χ2v) is 7.07. The number of hydrogen-bond acceptors (Lipinski definition) is 7. The van der Waals surface area contributed by atoms with E-state index in [0.29, 0.717) is 27.3 Å². The van der Waals surface area contributed by atoms with E-state index in [9.17, 15) is 14.4 Å². The molecule has 8 nitrogen and oxygen atoms in total. The Labute approximate surface area is 152 Å². The number of aromatic nitrogens is 2.